The van der Waals surface area contributed by atoms with Gasteiger partial charge < -0.3 is 18.0 Å². The number of aromatic nitrogens is 2. The van der Waals surface area contributed by atoms with Gasteiger partial charge in [-0.05, 0) is 104 Å². The van der Waals surface area contributed by atoms with Crippen LogP contribution >= 0.6 is 0 Å². The molecule has 4 heterocycles. The standard InChI is InChI=1S/C69H38N2O2/c1-3-17-41-39(15-1)31-33-47-53-35-51-52-36-54-48-34-32-40-16-2-4-18-42(40)66(48)71(60-28-14-24-50-46-22-8-12-30-64(46)73-68(50)60)62(54)38-58(52)69(55-25-9-5-19-43(55)44-20-6-10-26-56(44)69)57(51)37-61(53)70(65(41)47)59-27-13-23-49-45-21-7-11-29-63(45)72-67(49)59/h1-38H. The van der Waals surface area contributed by atoms with E-state index in [9.17, 15) is 0 Å². The Labute approximate surface area is 416 Å². The number of nitrogens with zero attached hydrogens (tertiary/aromatic N) is 2. The molecule has 16 aromatic rings. The van der Waals surface area contributed by atoms with Crippen LogP contribution in [0.25, 0.3) is 143 Å². The quantitative estimate of drug-likeness (QED) is 0.173. The number of furan rings is 2. The number of benzene rings is 12. The number of rotatable bonds is 2. The Bertz CT molecular complexity index is 4850. The van der Waals surface area contributed by atoms with E-state index in [4.69, 9.17) is 8.83 Å². The van der Waals surface area contributed by atoms with E-state index in [-0.39, 0.29) is 0 Å². The lowest BCUT2D eigenvalue weighted by Crippen LogP contribution is -2.26. The Kier molecular flexibility index (Phi) is 7.00. The Morgan fingerprint density at radius 2 is 0.685 bits per heavy atom. The third-order valence-corrected chi connectivity index (χ3v) is 16.9. The number of fused-ring (bicyclic) bond motifs is 26. The van der Waals surface area contributed by atoms with Crippen molar-refractivity contribution in [2.24, 2.45) is 0 Å². The average molecular weight is 927 g/mol. The summed E-state index contributed by atoms with van der Waals surface area (Å²) in [5.74, 6) is 0. The molecule has 4 nitrogen and oxygen atoms in total. The summed E-state index contributed by atoms with van der Waals surface area (Å²) >= 11 is 0. The summed E-state index contributed by atoms with van der Waals surface area (Å²) in [4.78, 5) is 0. The van der Waals surface area contributed by atoms with Crippen molar-refractivity contribution in [3.05, 3.63) is 253 Å². The molecule has 73 heavy (non-hydrogen) atoms. The third-order valence-electron chi connectivity index (χ3n) is 16.9. The number of hydrogen-bond donors (Lipinski definition) is 0. The third kappa shape index (κ3) is 4.60. The Morgan fingerprint density at radius 1 is 0.274 bits per heavy atom. The van der Waals surface area contributed by atoms with Gasteiger partial charge in [0.05, 0.1) is 38.9 Å². The van der Waals surface area contributed by atoms with Crippen molar-refractivity contribution in [2.75, 3.05) is 0 Å². The Morgan fingerprint density at radius 3 is 1.18 bits per heavy atom. The van der Waals surface area contributed by atoms with Crippen molar-refractivity contribution in [3.63, 3.8) is 0 Å². The molecular formula is C69H38N2O2. The predicted molar refractivity (Wildman–Crippen MR) is 301 cm³/mol. The second-order valence-electron chi connectivity index (χ2n) is 20.2. The van der Waals surface area contributed by atoms with Crippen LogP contribution < -0.4 is 0 Å². The van der Waals surface area contributed by atoms with Crippen LogP contribution in [0, 0.1) is 0 Å². The Balaban J connectivity index is 1.03. The van der Waals surface area contributed by atoms with Gasteiger partial charge >= 0.3 is 0 Å². The minimum atomic E-state index is -0.649. The van der Waals surface area contributed by atoms with E-state index in [1.807, 2.05) is 0 Å². The second-order valence-corrected chi connectivity index (χ2v) is 20.2. The fourth-order valence-electron chi connectivity index (χ4n) is 14.0. The molecule has 0 N–H and O–H groups in total. The van der Waals surface area contributed by atoms with Crippen LogP contribution in [0.3, 0.4) is 0 Å². The van der Waals surface area contributed by atoms with Crippen molar-refractivity contribution in [1.29, 1.82) is 0 Å². The van der Waals surface area contributed by atoms with Gasteiger partial charge in [-0.15, -0.1) is 0 Å². The first kappa shape index (κ1) is 38.2. The van der Waals surface area contributed by atoms with E-state index in [0.29, 0.717) is 0 Å². The lowest BCUT2D eigenvalue weighted by atomic mass is 9.70. The van der Waals surface area contributed by atoms with Crippen LogP contribution in [-0.2, 0) is 5.41 Å². The average Bonchev–Trinajstić information content (AvgIpc) is 4.29. The highest BCUT2D eigenvalue weighted by Crippen LogP contribution is 2.64. The van der Waals surface area contributed by atoms with E-state index in [1.54, 1.807) is 0 Å². The molecule has 0 unspecified atom stereocenters. The van der Waals surface area contributed by atoms with Crippen LogP contribution in [0.2, 0.25) is 0 Å². The topological polar surface area (TPSA) is 36.1 Å². The molecule has 4 heteroatoms. The molecule has 336 valence electrons. The summed E-state index contributed by atoms with van der Waals surface area (Å²) in [6, 6.07) is 85.5. The largest absolute Gasteiger partial charge is 0.454 e. The van der Waals surface area contributed by atoms with Crippen LogP contribution in [0.4, 0.5) is 0 Å². The molecule has 0 saturated heterocycles. The molecule has 0 aliphatic heterocycles. The molecule has 0 amide bonds. The van der Waals surface area contributed by atoms with Gasteiger partial charge in [-0.2, -0.15) is 0 Å². The van der Waals surface area contributed by atoms with E-state index in [2.05, 4.69) is 240 Å². The maximum Gasteiger partial charge on any atom is 0.159 e. The molecule has 1 spiro atoms. The molecule has 0 fully saturated rings. The van der Waals surface area contributed by atoms with Gasteiger partial charge in [-0.25, -0.2) is 0 Å². The molecule has 18 rings (SSSR count). The highest BCUT2D eigenvalue weighted by atomic mass is 16.3. The van der Waals surface area contributed by atoms with Crippen LogP contribution in [0.1, 0.15) is 22.3 Å². The van der Waals surface area contributed by atoms with Gasteiger partial charge in [-0.1, -0.05) is 182 Å². The maximum absolute atomic E-state index is 6.91. The zero-order valence-corrected chi connectivity index (χ0v) is 39.2. The number of hydrogen-bond acceptors (Lipinski definition) is 2. The molecule has 0 bridgehead atoms. The van der Waals surface area contributed by atoms with Gasteiger partial charge in [0.2, 0.25) is 0 Å². The van der Waals surface area contributed by atoms with E-state index in [0.717, 1.165) is 66.3 Å². The van der Waals surface area contributed by atoms with Gasteiger partial charge in [-0.3, -0.25) is 0 Å². The molecule has 12 aromatic carbocycles. The lowest BCUT2D eigenvalue weighted by Gasteiger charge is -2.30. The second kappa shape index (κ2) is 13.4. The van der Waals surface area contributed by atoms with Crippen molar-refractivity contribution < 1.29 is 8.83 Å². The smallest absolute Gasteiger partial charge is 0.159 e. The summed E-state index contributed by atoms with van der Waals surface area (Å²) in [7, 11) is 0. The van der Waals surface area contributed by atoms with Gasteiger partial charge in [0.1, 0.15) is 11.2 Å². The first-order valence-corrected chi connectivity index (χ1v) is 25.2. The van der Waals surface area contributed by atoms with Crippen LogP contribution in [-0.4, -0.2) is 9.13 Å². The summed E-state index contributed by atoms with van der Waals surface area (Å²) in [5, 5.41) is 14.1. The summed E-state index contributed by atoms with van der Waals surface area (Å²) in [6.45, 7) is 0. The van der Waals surface area contributed by atoms with E-state index in [1.165, 1.54) is 98.6 Å². The molecule has 4 aromatic heterocycles. The highest BCUT2D eigenvalue weighted by molar-refractivity contribution is 6.24. The molecule has 2 aliphatic carbocycles. The van der Waals surface area contributed by atoms with E-state index < -0.39 is 5.41 Å². The summed E-state index contributed by atoms with van der Waals surface area (Å²) in [5.41, 5.74) is 19.8. The monoisotopic (exact) mass is 926 g/mol. The van der Waals surface area contributed by atoms with Crippen molar-refractivity contribution in [1.82, 2.24) is 9.13 Å². The zero-order valence-electron chi connectivity index (χ0n) is 39.2. The highest BCUT2D eigenvalue weighted by Gasteiger charge is 2.52. The normalized spacial score (nSPS) is 13.6. The fourth-order valence-corrected chi connectivity index (χ4v) is 14.0. The predicted octanol–water partition coefficient (Wildman–Crippen LogP) is 18.3. The van der Waals surface area contributed by atoms with Crippen LogP contribution in [0.5, 0.6) is 0 Å². The van der Waals surface area contributed by atoms with Gasteiger partial charge in [0.15, 0.2) is 11.2 Å². The molecule has 0 radical (unpaired) electrons. The maximum atomic E-state index is 6.91. The summed E-state index contributed by atoms with van der Waals surface area (Å²) in [6.07, 6.45) is 0. The minimum Gasteiger partial charge on any atom is -0.454 e. The molecule has 0 saturated carbocycles. The zero-order chi connectivity index (χ0) is 47.3. The van der Waals surface area contributed by atoms with Gasteiger partial charge in [0.25, 0.3) is 0 Å². The van der Waals surface area contributed by atoms with Crippen molar-refractivity contribution >= 4 is 109 Å². The summed E-state index contributed by atoms with van der Waals surface area (Å²) < 4.78 is 18.8. The van der Waals surface area contributed by atoms with Crippen LogP contribution in [0.15, 0.2) is 239 Å². The van der Waals surface area contributed by atoms with E-state index >= 15 is 0 Å². The fraction of sp³-hybridized carbons (Fsp3) is 0.0145. The molecule has 0 atom stereocenters. The van der Waals surface area contributed by atoms with Crippen molar-refractivity contribution in [3.8, 4) is 33.6 Å². The lowest BCUT2D eigenvalue weighted by molar-refractivity contribution is 0.666. The SMILES string of the molecule is c1ccc2c(c1)-c1ccccc1C21c2cc3c(cc2-c2cc4c5ccc6ccccc6c5n(-c5cccc6c5oc5ccccc56)c4cc21)c1ccc2ccccc2c1n3-c1cccc2c1oc1ccccc12. The first-order chi connectivity index (χ1) is 36.2. The number of para-hydroxylation sites is 4. The minimum absolute atomic E-state index is 0.649. The Hall–Kier alpha value is -9.64. The molecular weight excluding hydrogens is 889 g/mol. The molecule has 2 aliphatic rings. The van der Waals surface area contributed by atoms with Crippen molar-refractivity contribution in [2.45, 2.75) is 5.41 Å². The first-order valence-electron chi connectivity index (χ1n) is 25.2. The van der Waals surface area contributed by atoms with Gasteiger partial charge in [0, 0.05) is 53.9 Å².